The van der Waals surface area contributed by atoms with Crippen molar-refractivity contribution >= 4 is 29.8 Å². The molecule has 0 heterocycles. The quantitative estimate of drug-likeness (QED) is 0.529. The summed E-state index contributed by atoms with van der Waals surface area (Å²) < 4.78 is 0. The zero-order valence-electron chi connectivity index (χ0n) is 15.5. The Hall–Kier alpha value is -2.63. The number of carbonyl (C=O) groups is 1. The molecule has 0 atom stereocenters. The van der Waals surface area contributed by atoms with Crippen molar-refractivity contribution in [3.63, 3.8) is 0 Å². The first-order valence-electron chi connectivity index (χ1n) is 8.84. The number of carbonyl (C=O) groups excluding carboxylic acids is 1. The van der Waals surface area contributed by atoms with Crippen molar-refractivity contribution in [2.75, 3.05) is 19.6 Å². The fraction of sp³-hybridized carbons (Fsp3) is 0.238. The summed E-state index contributed by atoms with van der Waals surface area (Å²) in [5.74, 6) is -0.467. The first kappa shape index (κ1) is 20.7. The maximum absolute atomic E-state index is 12.0. The summed E-state index contributed by atoms with van der Waals surface area (Å²) in [6, 6.07) is 12.1. The van der Waals surface area contributed by atoms with Crippen molar-refractivity contribution in [2.45, 2.75) is 13.8 Å². The highest BCUT2D eigenvalue weighted by Crippen LogP contribution is 2.23. The zero-order chi connectivity index (χ0) is 19.6. The van der Waals surface area contributed by atoms with Crippen LogP contribution in [0.4, 0.5) is 0 Å². The molecule has 0 spiro atoms. The van der Waals surface area contributed by atoms with E-state index in [1.54, 1.807) is 6.21 Å². The number of likely N-dealkylation sites (N-methyl/N-ethyl adjacent to an activating group) is 1. The molecule has 5 nitrogen and oxygen atoms in total. The third-order valence-electron chi connectivity index (χ3n) is 4.07. The lowest BCUT2D eigenvalue weighted by Crippen LogP contribution is -2.22. The molecular formula is C21H24ClN3O2. The van der Waals surface area contributed by atoms with Crippen molar-refractivity contribution < 1.29 is 9.90 Å². The third kappa shape index (κ3) is 6.55. The molecule has 2 rings (SSSR count). The Morgan fingerprint density at radius 1 is 1.19 bits per heavy atom. The van der Waals surface area contributed by atoms with Gasteiger partial charge in [0.05, 0.1) is 11.2 Å². The summed E-state index contributed by atoms with van der Waals surface area (Å²) in [6.45, 7) is 7.26. The second-order valence-corrected chi connectivity index (χ2v) is 6.33. The SMILES string of the molecule is CCN(CC)CC=Cc1cccc(C=NNC(=O)c2ccc(O)c(Cl)c2)c1. The van der Waals surface area contributed by atoms with Gasteiger partial charge in [0.2, 0.25) is 0 Å². The van der Waals surface area contributed by atoms with Gasteiger partial charge in [-0.1, -0.05) is 55.8 Å². The van der Waals surface area contributed by atoms with Gasteiger partial charge in [-0.2, -0.15) is 5.10 Å². The Morgan fingerprint density at radius 2 is 1.93 bits per heavy atom. The van der Waals surface area contributed by atoms with Crippen LogP contribution >= 0.6 is 11.6 Å². The van der Waals surface area contributed by atoms with Gasteiger partial charge in [0.25, 0.3) is 5.91 Å². The molecule has 0 unspecified atom stereocenters. The molecule has 2 aromatic rings. The molecule has 2 aromatic carbocycles. The van der Waals surface area contributed by atoms with Crippen LogP contribution in [0.5, 0.6) is 5.75 Å². The molecule has 0 aromatic heterocycles. The zero-order valence-corrected chi connectivity index (χ0v) is 16.3. The summed E-state index contributed by atoms with van der Waals surface area (Å²) in [5.41, 5.74) is 4.73. The van der Waals surface area contributed by atoms with Crippen LogP contribution in [-0.2, 0) is 0 Å². The summed E-state index contributed by atoms with van der Waals surface area (Å²) >= 11 is 5.81. The first-order valence-corrected chi connectivity index (χ1v) is 9.22. The number of hydrogen-bond acceptors (Lipinski definition) is 4. The summed E-state index contributed by atoms with van der Waals surface area (Å²) in [7, 11) is 0. The van der Waals surface area contributed by atoms with Gasteiger partial charge in [0.15, 0.2) is 0 Å². The Balaban J connectivity index is 1.95. The van der Waals surface area contributed by atoms with Crippen molar-refractivity contribution in [1.82, 2.24) is 10.3 Å². The Morgan fingerprint density at radius 3 is 2.63 bits per heavy atom. The predicted octanol–water partition coefficient (Wildman–Crippen LogP) is 4.16. The van der Waals surface area contributed by atoms with Gasteiger partial charge in [0.1, 0.15) is 5.75 Å². The van der Waals surface area contributed by atoms with Gasteiger partial charge >= 0.3 is 0 Å². The van der Waals surface area contributed by atoms with E-state index in [4.69, 9.17) is 11.6 Å². The van der Waals surface area contributed by atoms with E-state index in [-0.39, 0.29) is 10.8 Å². The number of halogens is 1. The van der Waals surface area contributed by atoms with E-state index < -0.39 is 5.91 Å². The lowest BCUT2D eigenvalue weighted by atomic mass is 10.1. The number of rotatable bonds is 8. The molecule has 0 saturated carbocycles. The summed E-state index contributed by atoms with van der Waals surface area (Å²) in [6.07, 6.45) is 5.80. The molecule has 0 aliphatic heterocycles. The maximum atomic E-state index is 12.0. The molecule has 0 bridgehead atoms. The third-order valence-corrected chi connectivity index (χ3v) is 4.37. The van der Waals surface area contributed by atoms with E-state index >= 15 is 0 Å². The van der Waals surface area contributed by atoms with Gasteiger partial charge in [-0.3, -0.25) is 4.79 Å². The maximum Gasteiger partial charge on any atom is 0.271 e. The molecule has 2 N–H and O–H groups in total. The van der Waals surface area contributed by atoms with Crippen molar-refractivity contribution in [1.29, 1.82) is 0 Å². The average Bonchev–Trinajstić information content (AvgIpc) is 2.67. The number of phenolic OH excluding ortho intramolecular Hbond substituents is 1. The Labute approximate surface area is 165 Å². The molecule has 0 fully saturated rings. The molecule has 0 aliphatic carbocycles. The van der Waals surface area contributed by atoms with Crippen LogP contribution in [0.15, 0.2) is 53.6 Å². The standard InChI is InChI=1S/C21H24ClN3O2/c1-3-25(4-2)12-6-9-16-7-5-8-17(13-16)15-23-24-21(27)18-10-11-20(26)19(22)14-18/h5-11,13-15,26H,3-4,12H2,1-2H3,(H,24,27). The first-order chi connectivity index (χ1) is 13.0. The van der Waals surface area contributed by atoms with E-state index in [2.05, 4.69) is 41.4 Å². The van der Waals surface area contributed by atoms with Crippen molar-refractivity contribution in [2.24, 2.45) is 5.10 Å². The lowest BCUT2D eigenvalue weighted by Gasteiger charge is -2.14. The van der Waals surface area contributed by atoms with Crippen LogP contribution in [0.2, 0.25) is 5.02 Å². The van der Waals surface area contributed by atoms with Crippen molar-refractivity contribution in [3.8, 4) is 5.75 Å². The van der Waals surface area contributed by atoms with E-state index in [0.717, 1.165) is 30.8 Å². The van der Waals surface area contributed by atoms with Gasteiger partial charge in [0, 0.05) is 12.1 Å². The monoisotopic (exact) mass is 385 g/mol. The van der Waals surface area contributed by atoms with Crippen LogP contribution in [0.3, 0.4) is 0 Å². The number of hydrazone groups is 1. The molecule has 0 saturated heterocycles. The summed E-state index contributed by atoms with van der Waals surface area (Å²) in [4.78, 5) is 14.4. The fourth-order valence-electron chi connectivity index (χ4n) is 2.44. The smallest absolute Gasteiger partial charge is 0.271 e. The van der Waals surface area contributed by atoms with Crippen LogP contribution in [0, 0.1) is 0 Å². The second-order valence-electron chi connectivity index (χ2n) is 5.92. The second kappa shape index (κ2) is 10.5. The van der Waals surface area contributed by atoms with E-state index in [9.17, 15) is 9.90 Å². The number of nitrogens with one attached hydrogen (secondary N) is 1. The Kier molecular flexibility index (Phi) is 8.04. The van der Waals surface area contributed by atoms with E-state index in [1.165, 1.54) is 18.2 Å². The largest absolute Gasteiger partial charge is 0.506 e. The molecule has 0 aliphatic rings. The normalized spacial score (nSPS) is 11.6. The number of hydrogen-bond donors (Lipinski definition) is 2. The highest BCUT2D eigenvalue weighted by atomic mass is 35.5. The summed E-state index contributed by atoms with van der Waals surface area (Å²) in [5, 5.41) is 13.5. The average molecular weight is 386 g/mol. The topological polar surface area (TPSA) is 64.9 Å². The predicted molar refractivity (Wildman–Crippen MR) is 111 cm³/mol. The number of aromatic hydroxyl groups is 1. The molecule has 0 radical (unpaired) electrons. The highest BCUT2D eigenvalue weighted by Gasteiger charge is 2.07. The number of nitrogens with zero attached hydrogens (tertiary/aromatic N) is 2. The Bertz CT molecular complexity index is 830. The lowest BCUT2D eigenvalue weighted by molar-refractivity contribution is 0.0955. The minimum atomic E-state index is -0.400. The van der Waals surface area contributed by atoms with Gasteiger partial charge < -0.3 is 10.0 Å². The molecular weight excluding hydrogens is 362 g/mol. The molecule has 1 amide bonds. The minimum Gasteiger partial charge on any atom is -0.506 e. The van der Waals surface area contributed by atoms with Gasteiger partial charge in [-0.15, -0.1) is 0 Å². The van der Waals surface area contributed by atoms with E-state index in [0.29, 0.717) is 5.56 Å². The number of amides is 1. The van der Waals surface area contributed by atoms with Crippen molar-refractivity contribution in [3.05, 3.63) is 70.3 Å². The van der Waals surface area contributed by atoms with E-state index in [1.807, 2.05) is 24.3 Å². The van der Waals surface area contributed by atoms with Crippen LogP contribution < -0.4 is 5.43 Å². The minimum absolute atomic E-state index is 0.0671. The fourth-order valence-corrected chi connectivity index (χ4v) is 2.62. The van der Waals surface area contributed by atoms with Gasteiger partial charge in [-0.25, -0.2) is 5.43 Å². The molecule has 6 heteroatoms. The van der Waals surface area contributed by atoms with Crippen LogP contribution in [0.25, 0.3) is 6.08 Å². The number of phenols is 1. The van der Waals surface area contributed by atoms with Crippen LogP contribution in [0.1, 0.15) is 35.3 Å². The molecule has 27 heavy (non-hydrogen) atoms. The number of benzene rings is 2. The van der Waals surface area contributed by atoms with Crippen LogP contribution in [-0.4, -0.2) is 41.8 Å². The van der Waals surface area contributed by atoms with Gasteiger partial charge in [-0.05, 0) is 48.5 Å². The molecule has 142 valence electrons. The highest BCUT2D eigenvalue weighted by molar-refractivity contribution is 6.32.